The maximum Gasteiger partial charge on any atom is 0.0132 e. The predicted molar refractivity (Wildman–Crippen MR) is 32.8 cm³/mol. The lowest BCUT2D eigenvalue weighted by Crippen LogP contribution is -2.33. The zero-order valence-electron chi connectivity index (χ0n) is 4.36. The molecule has 0 amide bonds. The van der Waals surface area contributed by atoms with Crippen molar-refractivity contribution in [3.63, 3.8) is 0 Å². The van der Waals surface area contributed by atoms with E-state index in [1.54, 1.807) is 0 Å². The molecule has 0 radical (unpaired) electrons. The average molecular weight is 105 g/mol. The fourth-order valence-electron chi connectivity index (χ4n) is 0. The fraction of sp³-hybridized carbons (Fsp3) is 1.00. The van der Waals surface area contributed by atoms with Crippen LogP contribution >= 0.6 is 9.24 Å². The lowest BCUT2D eigenvalue weighted by atomic mass is 10.1. The van der Waals surface area contributed by atoms with E-state index < -0.39 is 0 Å². The Kier molecular flexibility index (Phi) is 2.03. The van der Waals surface area contributed by atoms with Gasteiger partial charge in [-0.15, -0.1) is 9.24 Å². The average Bonchev–Trinajstić information content (AvgIpc) is 1.35. The molecule has 0 aromatic heterocycles. The normalized spacial score (nSPS) is 12.0. The highest BCUT2D eigenvalue weighted by atomic mass is 31.0. The summed E-state index contributed by atoms with van der Waals surface area (Å²) in [7, 11) is 2.60. The summed E-state index contributed by atoms with van der Waals surface area (Å²) in [6.45, 7) is 4.00. The van der Waals surface area contributed by atoms with Crippen molar-refractivity contribution in [1.29, 1.82) is 0 Å². The minimum absolute atomic E-state index is 0.00463. The zero-order valence-corrected chi connectivity index (χ0v) is 5.52. The van der Waals surface area contributed by atoms with E-state index in [-0.39, 0.29) is 5.54 Å². The van der Waals surface area contributed by atoms with Crippen LogP contribution in [0.3, 0.4) is 0 Å². The van der Waals surface area contributed by atoms with Gasteiger partial charge in [0.15, 0.2) is 0 Å². The molecule has 0 saturated heterocycles. The van der Waals surface area contributed by atoms with E-state index in [2.05, 4.69) is 9.24 Å². The van der Waals surface area contributed by atoms with Crippen molar-refractivity contribution >= 4 is 9.24 Å². The van der Waals surface area contributed by atoms with Gasteiger partial charge in [-0.2, -0.15) is 0 Å². The maximum atomic E-state index is 5.51. The Hall–Kier alpha value is 0.390. The Morgan fingerprint density at radius 3 is 1.83 bits per heavy atom. The Balaban J connectivity index is 3.17. The molecule has 0 heterocycles. The Labute approximate surface area is 41.5 Å². The van der Waals surface area contributed by atoms with Gasteiger partial charge < -0.3 is 5.73 Å². The van der Waals surface area contributed by atoms with Crippen LogP contribution in [0.15, 0.2) is 0 Å². The fourth-order valence-corrected chi connectivity index (χ4v) is 0. The lowest BCUT2D eigenvalue weighted by molar-refractivity contribution is 0.591. The van der Waals surface area contributed by atoms with E-state index in [4.69, 9.17) is 5.73 Å². The van der Waals surface area contributed by atoms with E-state index in [0.29, 0.717) is 0 Å². The molecule has 0 bridgehead atoms. The summed E-state index contributed by atoms with van der Waals surface area (Å²) in [4.78, 5) is 0. The molecule has 0 aliphatic heterocycles. The van der Waals surface area contributed by atoms with Gasteiger partial charge in [-0.3, -0.25) is 0 Å². The first-order valence-corrected chi connectivity index (χ1v) is 2.87. The smallest absolute Gasteiger partial charge is 0.0132 e. The van der Waals surface area contributed by atoms with Gasteiger partial charge in [0.1, 0.15) is 0 Å². The molecule has 1 nitrogen and oxygen atoms in total. The third-order valence-corrected chi connectivity index (χ3v) is 1.58. The maximum absolute atomic E-state index is 5.51. The topological polar surface area (TPSA) is 26.0 Å². The van der Waals surface area contributed by atoms with Gasteiger partial charge in [0.25, 0.3) is 0 Å². The molecule has 6 heavy (non-hydrogen) atoms. The second-order valence-corrected chi connectivity index (χ2v) is 2.60. The SMILES string of the molecule is CC(C)(N)CP. The van der Waals surface area contributed by atoms with Crippen LogP contribution in [0.1, 0.15) is 13.8 Å². The van der Waals surface area contributed by atoms with Crippen LogP contribution < -0.4 is 5.73 Å². The molecule has 1 unspecified atom stereocenters. The zero-order chi connectivity index (χ0) is 5.21. The summed E-state index contributed by atoms with van der Waals surface area (Å²) in [5.74, 6) is 0. The Morgan fingerprint density at radius 1 is 1.67 bits per heavy atom. The van der Waals surface area contributed by atoms with Crippen molar-refractivity contribution < 1.29 is 0 Å². The quantitative estimate of drug-likeness (QED) is 0.485. The molecule has 1 atom stereocenters. The van der Waals surface area contributed by atoms with Gasteiger partial charge in [-0.1, -0.05) is 0 Å². The summed E-state index contributed by atoms with van der Waals surface area (Å²) in [5.41, 5.74) is 5.52. The van der Waals surface area contributed by atoms with Gasteiger partial charge in [0.05, 0.1) is 0 Å². The van der Waals surface area contributed by atoms with Crippen LogP contribution in [-0.2, 0) is 0 Å². The summed E-state index contributed by atoms with van der Waals surface area (Å²) < 4.78 is 0. The highest BCUT2D eigenvalue weighted by Gasteiger charge is 2.03. The molecule has 38 valence electrons. The van der Waals surface area contributed by atoms with Crippen molar-refractivity contribution in [1.82, 2.24) is 0 Å². The molecule has 0 saturated carbocycles. The molecule has 2 N–H and O–H groups in total. The number of hydrogen-bond donors (Lipinski definition) is 1. The van der Waals surface area contributed by atoms with Crippen molar-refractivity contribution in [3.8, 4) is 0 Å². The lowest BCUT2D eigenvalue weighted by Gasteiger charge is -2.13. The number of nitrogens with two attached hydrogens (primary N) is 1. The second kappa shape index (κ2) is 1.90. The number of hydrogen-bond acceptors (Lipinski definition) is 1. The van der Waals surface area contributed by atoms with Crippen molar-refractivity contribution in [2.45, 2.75) is 19.4 Å². The van der Waals surface area contributed by atoms with Crippen LogP contribution in [0.4, 0.5) is 0 Å². The van der Waals surface area contributed by atoms with Gasteiger partial charge in [-0.05, 0) is 20.0 Å². The van der Waals surface area contributed by atoms with Crippen LogP contribution in [0, 0.1) is 0 Å². The van der Waals surface area contributed by atoms with Crippen molar-refractivity contribution in [3.05, 3.63) is 0 Å². The van der Waals surface area contributed by atoms with Gasteiger partial charge in [0.2, 0.25) is 0 Å². The van der Waals surface area contributed by atoms with Gasteiger partial charge in [-0.25, -0.2) is 0 Å². The highest BCUT2D eigenvalue weighted by molar-refractivity contribution is 7.16. The van der Waals surface area contributed by atoms with Crippen LogP contribution in [0.2, 0.25) is 0 Å². The molecule has 2 heteroatoms. The molecule has 0 aliphatic carbocycles. The summed E-state index contributed by atoms with van der Waals surface area (Å²) in [6, 6.07) is 0. The molecular weight excluding hydrogens is 93.0 g/mol. The van der Waals surface area contributed by atoms with E-state index in [9.17, 15) is 0 Å². The molecule has 0 rings (SSSR count). The summed E-state index contributed by atoms with van der Waals surface area (Å²) in [5, 5.41) is 0. The highest BCUT2D eigenvalue weighted by Crippen LogP contribution is 1.99. The van der Waals surface area contributed by atoms with Crippen LogP contribution in [0.5, 0.6) is 0 Å². The molecular formula is C4H12NP. The first-order chi connectivity index (χ1) is 2.56. The van der Waals surface area contributed by atoms with Gasteiger partial charge >= 0.3 is 0 Å². The number of rotatable bonds is 1. The molecule has 0 aromatic rings. The summed E-state index contributed by atoms with van der Waals surface area (Å²) >= 11 is 0. The Morgan fingerprint density at radius 2 is 1.83 bits per heavy atom. The van der Waals surface area contributed by atoms with Crippen LogP contribution in [0.25, 0.3) is 0 Å². The van der Waals surface area contributed by atoms with Gasteiger partial charge in [0, 0.05) is 5.54 Å². The predicted octanol–water partition coefficient (Wildman–Crippen LogP) is 0.599. The minimum atomic E-state index is 0.00463. The first kappa shape index (κ1) is 6.39. The largest absolute Gasteiger partial charge is 0.325 e. The first-order valence-electron chi connectivity index (χ1n) is 2.05. The standard InChI is InChI=1S/C4H12NP/c1-4(2,5)3-6/h3,5-6H2,1-2H3. The Bertz CT molecular complexity index is 37.3. The molecule has 0 aromatic carbocycles. The molecule has 0 aliphatic rings. The van der Waals surface area contributed by atoms with Crippen molar-refractivity contribution in [2.75, 3.05) is 6.16 Å². The third kappa shape index (κ3) is 4.39. The molecule has 0 fully saturated rings. The minimum Gasteiger partial charge on any atom is -0.325 e. The van der Waals surface area contributed by atoms with Crippen LogP contribution in [-0.4, -0.2) is 11.7 Å². The monoisotopic (exact) mass is 105 g/mol. The van der Waals surface area contributed by atoms with Crippen molar-refractivity contribution in [2.24, 2.45) is 5.73 Å². The van der Waals surface area contributed by atoms with E-state index >= 15 is 0 Å². The summed E-state index contributed by atoms with van der Waals surface area (Å²) in [6.07, 6.45) is 0.965. The van der Waals surface area contributed by atoms with E-state index in [1.165, 1.54) is 0 Å². The third-order valence-electron chi connectivity index (χ3n) is 0.526. The van der Waals surface area contributed by atoms with E-state index in [0.717, 1.165) is 6.16 Å². The van der Waals surface area contributed by atoms with E-state index in [1.807, 2.05) is 13.8 Å². The second-order valence-electron chi connectivity index (χ2n) is 2.19. The molecule has 0 spiro atoms.